The lowest BCUT2D eigenvalue weighted by molar-refractivity contribution is -0.653. The highest BCUT2D eigenvalue weighted by Crippen LogP contribution is 2.19. The first-order chi connectivity index (χ1) is 9.92. The number of nitrogens with zero attached hydrogens (tertiary/aromatic N) is 1. The van der Waals surface area contributed by atoms with Crippen molar-refractivity contribution in [3.8, 4) is 11.6 Å². The second-order valence-corrected chi connectivity index (χ2v) is 4.63. The Balaban J connectivity index is 1.93. The standard InChI is InChI=1S/C16H12N2O2/c1-2-7-14-13(6-1)17-16(15-8-4-10-20-15)18(14)11-12-5-3-9-19-12/h1-10H,11H2/p+1. The molecule has 98 valence electrons. The maximum absolute atomic E-state index is 5.53. The van der Waals surface area contributed by atoms with Crippen molar-refractivity contribution in [3.63, 3.8) is 0 Å². The third-order valence-corrected chi connectivity index (χ3v) is 3.37. The second kappa shape index (κ2) is 4.42. The maximum Gasteiger partial charge on any atom is 0.324 e. The van der Waals surface area contributed by atoms with Gasteiger partial charge in [-0.15, -0.1) is 0 Å². The predicted octanol–water partition coefficient (Wildman–Crippen LogP) is 3.36. The van der Waals surface area contributed by atoms with Gasteiger partial charge in [0.2, 0.25) is 5.76 Å². The van der Waals surface area contributed by atoms with Gasteiger partial charge in [-0.25, -0.2) is 9.55 Å². The van der Waals surface area contributed by atoms with E-state index in [1.165, 1.54) is 0 Å². The zero-order valence-corrected chi connectivity index (χ0v) is 10.7. The van der Waals surface area contributed by atoms with E-state index in [4.69, 9.17) is 8.83 Å². The zero-order chi connectivity index (χ0) is 13.4. The maximum atomic E-state index is 5.53. The van der Waals surface area contributed by atoms with E-state index in [9.17, 15) is 0 Å². The van der Waals surface area contributed by atoms with E-state index in [-0.39, 0.29) is 0 Å². The molecule has 0 unspecified atom stereocenters. The first kappa shape index (κ1) is 11.1. The number of hydrogen-bond donors (Lipinski definition) is 1. The number of rotatable bonds is 3. The largest absolute Gasteiger partial charge is 0.465 e. The van der Waals surface area contributed by atoms with Gasteiger partial charge in [-0.3, -0.25) is 0 Å². The summed E-state index contributed by atoms with van der Waals surface area (Å²) in [5.74, 6) is 2.66. The van der Waals surface area contributed by atoms with Crippen molar-refractivity contribution in [3.05, 3.63) is 66.8 Å². The minimum Gasteiger partial charge on any atom is -0.465 e. The molecule has 3 heterocycles. The van der Waals surface area contributed by atoms with Gasteiger partial charge in [0.05, 0.1) is 12.5 Å². The highest BCUT2D eigenvalue weighted by molar-refractivity contribution is 5.73. The lowest BCUT2D eigenvalue weighted by atomic mass is 10.3. The van der Waals surface area contributed by atoms with Crippen molar-refractivity contribution in [2.24, 2.45) is 0 Å². The van der Waals surface area contributed by atoms with E-state index in [1.807, 2.05) is 36.4 Å². The molecule has 0 amide bonds. The van der Waals surface area contributed by atoms with Crippen molar-refractivity contribution in [1.29, 1.82) is 0 Å². The van der Waals surface area contributed by atoms with Gasteiger partial charge in [-0.05, 0) is 36.4 Å². The van der Waals surface area contributed by atoms with E-state index in [0.717, 1.165) is 28.4 Å². The number of furan rings is 2. The summed E-state index contributed by atoms with van der Waals surface area (Å²) >= 11 is 0. The first-order valence-electron chi connectivity index (χ1n) is 6.48. The molecule has 4 nitrogen and oxygen atoms in total. The van der Waals surface area contributed by atoms with E-state index in [1.54, 1.807) is 12.5 Å². The van der Waals surface area contributed by atoms with Crippen LogP contribution in [0.15, 0.2) is 69.9 Å². The summed E-state index contributed by atoms with van der Waals surface area (Å²) in [4.78, 5) is 3.41. The molecule has 3 aromatic heterocycles. The summed E-state index contributed by atoms with van der Waals surface area (Å²) in [6.45, 7) is 0.660. The highest BCUT2D eigenvalue weighted by Gasteiger charge is 2.22. The van der Waals surface area contributed by atoms with Crippen LogP contribution in [-0.2, 0) is 6.54 Å². The number of aromatic nitrogens is 2. The van der Waals surface area contributed by atoms with E-state index in [0.29, 0.717) is 6.54 Å². The van der Waals surface area contributed by atoms with Crippen molar-refractivity contribution in [1.82, 2.24) is 4.98 Å². The molecule has 1 aromatic carbocycles. The SMILES string of the molecule is c1coc(C[n+]2c(-c3ccco3)[nH]c3ccccc32)c1. The molecular formula is C16H13N2O2+. The lowest BCUT2D eigenvalue weighted by Gasteiger charge is -1.98. The van der Waals surface area contributed by atoms with Gasteiger partial charge in [0.1, 0.15) is 12.3 Å². The number of imidazole rings is 1. The number of benzene rings is 1. The molecule has 4 heteroatoms. The summed E-state index contributed by atoms with van der Waals surface area (Å²) < 4.78 is 13.1. The molecule has 0 radical (unpaired) electrons. The van der Waals surface area contributed by atoms with Gasteiger partial charge in [0.15, 0.2) is 11.0 Å². The van der Waals surface area contributed by atoms with Crippen LogP contribution in [0.5, 0.6) is 0 Å². The fourth-order valence-corrected chi connectivity index (χ4v) is 2.46. The van der Waals surface area contributed by atoms with Gasteiger partial charge in [0.25, 0.3) is 0 Å². The molecule has 0 spiro atoms. The molecule has 0 fully saturated rings. The molecule has 0 aliphatic carbocycles. The van der Waals surface area contributed by atoms with Gasteiger partial charge >= 0.3 is 5.82 Å². The Labute approximate surface area is 115 Å². The van der Waals surface area contributed by atoms with Crippen LogP contribution in [0.2, 0.25) is 0 Å². The Hall–Kier alpha value is -2.75. The monoisotopic (exact) mass is 265 g/mol. The lowest BCUT2D eigenvalue weighted by Crippen LogP contribution is -2.35. The molecule has 0 atom stereocenters. The van der Waals surface area contributed by atoms with Crippen molar-refractivity contribution >= 4 is 11.0 Å². The Morgan fingerprint density at radius 2 is 1.75 bits per heavy atom. The third kappa shape index (κ3) is 1.73. The smallest absolute Gasteiger partial charge is 0.324 e. The molecule has 0 bridgehead atoms. The molecule has 0 saturated heterocycles. The normalized spacial score (nSPS) is 11.2. The van der Waals surface area contributed by atoms with Crippen LogP contribution >= 0.6 is 0 Å². The summed E-state index contributed by atoms with van der Waals surface area (Å²) in [7, 11) is 0. The summed E-state index contributed by atoms with van der Waals surface area (Å²) in [6.07, 6.45) is 3.37. The predicted molar refractivity (Wildman–Crippen MR) is 74.0 cm³/mol. The van der Waals surface area contributed by atoms with E-state index < -0.39 is 0 Å². The fraction of sp³-hybridized carbons (Fsp3) is 0.0625. The molecule has 20 heavy (non-hydrogen) atoms. The van der Waals surface area contributed by atoms with Crippen LogP contribution in [0.4, 0.5) is 0 Å². The third-order valence-electron chi connectivity index (χ3n) is 3.37. The number of nitrogens with one attached hydrogen (secondary N) is 1. The zero-order valence-electron chi connectivity index (χ0n) is 10.7. The topological polar surface area (TPSA) is 46.0 Å². The van der Waals surface area contributed by atoms with Gasteiger partial charge in [0, 0.05) is 0 Å². The quantitative estimate of drug-likeness (QED) is 0.577. The molecular weight excluding hydrogens is 252 g/mol. The van der Waals surface area contributed by atoms with Crippen LogP contribution in [-0.4, -0.2) is 4.98 Å². The van der Waals surface area contributed by atoms with Crippen LogP contribution < -0.4 is 4.57 Å². The summed E-state index contributed by atoms with van der Waals surface area (Å²) in [5.41, 5.74) is 2.20. The molecule has 1 N–H and O–H groups in total. The Morgan fingerprint density at radius 3 is 2.55 bits per heavy atom. The average molecular weight is 265 g/mol. The van der Waals surface area contributed by atoms with Crippen molar-refractivity contribution in [2.75, 3.05) is 0 Å². The van der Waals surface area contributed by atoms with Crippen molar-refractivity contribution < 1.29 is 13.4 Å². The van der Waals surface area contributed by atoms with Gasteiger partial charge < -0.3 is 8.83 Å². The molecule has 0 saturated carbocycles. The number of H-pyrrole nitrogens is 1. The fourth-order valence-electron chi connectivity index (χ4n) is 2.46. The number of para-hydroxylation sites is 2. The Bertz CT molecular complexity index is 827. The molecule has 0 aliphatic heterocycles. The van der Waals surface area contributed by atoms with Crippen LogP contribution in [0.25, 0.3) is 22.6 Å². The second-order valence-electron chi connectivity index (χ2n) is 4.63. The highest BCUT2D eigenvalue weighted by atomic mass is 16.3. The summed E-state index contributed by atoms with van der Waals surface area (Å²) in [6, 6.07) is 15.9. The van der Waals surface area contributed by atoms with Gasteiger partial charge in [-0.1, -0.05) is 12.1 Å². The van der Waals surface area contributed by atoms with E-state index >= 15 is 0 Å². The number of fused-ring (bicyclic) bond motifs is 1. The molecule has 4 rings (SSSR count). The average Bonchev–Trinajstić information content (AvgIpc) is 3.19. The first-order valence-corrected chi connectivity index (χ1v) is 6.48. The van der Waals surface area contributed by atoms with Crippen LogP contribution in [0.1, 0.15) is 5.76 Å². The number of aromatic amines is 1. The van der Waals surface area contributed by atoms with Crippen LogP contribution in [0.3, 0.4) is 0 Å². The number of hydrogen-bond acceptors (Lipinski definition) is 2. The van der Waals surface area contributed by atoms with Crippen LogP contribution in [0, 0.1) is 0 Å². The Kier molecular flexibility index (Phi) is 2.45. The van der Waals surface area contributed by atoms with Gasteiger partial charge in [-0.2, -0.15) is 0 Å². The van der Waals surface area contributed by atoms with Crippen molar-refractivity contribution in [2.45, 2.75) is 6.54 Å². The van der Waals surface area contributed by atoms with E-state index in [2.05, 4.69) is 21.7 Å². The minimum absolute atomic E-state index is 0.660. The summed E-state index contributed by atoms with van der Waals surface area (Å²) in [5, 5.41) is 0. The Morgan fingerprint density at radius 1 is 0.900 bits per heavy atom. The minimum atomic E-state index is 0.660. The molecule has 4 aromatic rings. The molecule has 0 aliphatic rings.